The second-order valence-corrected chi connectivity index (χ2v) is 7.84. The summed E-state index contributed by atoms with van der Waals surface area (Å²) in [5.74, 6) is 3.52. The van der Waals surface area contributed by atoms with Gasteiger partial charge in [-0.25, -0.2) is 0 Å². The van der Waals surface area contributed by atoms with E-state index in [1.54, 1.807) is 0 Å². The van der Waals surface area contributed by atoms with E-state index in [0.717, 1.165) is 46.7 Å². The molecule has 0 bridgehead atoms. The van der Waals surface area contributed by atoms with E-state index in [1.807, 2.05) is 7.11 Å². The van der Waals surface area contributed by atoms with Crippen molar-refractivity contribution >= 4 is 14.2 Å². The molecule has 3 rings (SSSR count). The van der Waals surface area contributed by atoms with Crippen LogP contribution in [0.25, 0.3) is 0 Å². The molecule has 2 atom stereocenters. The number of methoxy groups -OCH3 is 1. The molecule has 0 fully saturated rings. The van der Waals surface area contributed by atoms with Gasteiger partial charge in [-0.1, -0.05) is 45.1 Å². The van der Waals surface area contributed by atoms with Crippen LogP contribution in [0.15, 0.2) is 12.1 Å². The van der Waals surface area contributed by atoms with E-state index >= 15 is 0 Å². The van der Waals surface area contributed by atoms with Gasteiger partial charge in [0.1, 0.15) is 5.75 Å². The fourth-order valence-corrected chi connectivity index (χ4v) is 4.70. The minimum absolute atomic E-state index is 0.252. The van der Waals surface area contributed by atoms with Crippen molar-refractivity contribution in [1.29, 1.82) is 0 Å². The maximum absolute atomic E-state index is 6.18. The number of rotatable bonds is 9. The van der Waals surface area contributed by atoms with E-state index < -0.39 is 0 Å². The lowest BCUT2D eigenvalue weighted by Gasteiger charge is -2.33. The molecule has 0 saturated carbocycles. The van der Waals surface area contributed by atoms with Crippen LogP contribution in [0, 0.1) is 0 Å². The molecule has 1 heterocycles. The molecule has 1 aliphatic carbocycles. The first-order valence-electron chi connectivity index (χ1n) is 9.81. The van der Waals surface area contributed by atoms with E-state index in [4.69, 9.17) is 14.0 Å². The fraction of sp³-hybridized carbons (Fsp3) is 0.667. The third-order valence-corrected chi connectivity index (χ3v) is 6.09. The van der Waals surface area contributed by atoms with Gasteiger partial charge >= 0.3 is 0 Å². The van der Waals surface area contributed by atoms with Gasteiger partial charge in [-0.15, -0.1) is 0 Å². The molecule has 1 aromatic rings. The fourth-order valence-electron chi connectivity index (χ4n) is 4.01. The van der Waals surface area contributed by atoms with E-state index in [-0.39, 0.29) is 6.10 Å². The molecule has 0 N–H and O–H groups in total. The van der Waals surface area contributed by atoms with Crippen LogP contribution in [0.5, 0.6) is 5.75 Å². The smallest absolute Gasteiger partial charge is 0.127 e. The molecule has 0 saturated heterocycles. The van der Waals surface area contributed by atoms with Crippen molar-refractivity contribution in [2.45, 2.75) is 70.3 Å². The molecule has 0 amide bonds. The van der Waals surface area contributed by atoms with Gasteiger partial charge in [-0.3, -0.25) is 0 Å². The van der Waals surface area contributed by atoms with Gasteiger partial charge in [-0.05, 0) is 36.5 Å². The highest BCUT2D eigenvalue weighted by atomic mass is 31.1. The highest BCUT2D eigenvalue weighted by molar-refractivity contribution is 7.33. The van der Waals surface area contributed by atoms with Crippen molar-refractivity contribution in [3.63, 3.8) is 0 Å². The zero-order chi connectivity index (χ0) is 17.5. The van der Waals surface area contributed by atoms with Crippen LogP contribution in [0.4, 0.5) is 0 Å². The summed E-state index contributed by atoms with van der Waals surface area (Å²) in [5.41, 5.74) is 4.09. The van der Waals surface area contributed by atoms with Crippen LogP contribution < -0.4 is 4.74 Å². The van der Waals surface area contributed by atoms with Gasteiger partial charge in [0, 0.05) is 24.4 Å². The number of hydrogen-bond acceptors (Lipinski definition) is 3. The summed E-state index contributed by atoms with van der Waals surface area (Å²) in [6, 6.07) is 4.41. The van der Waals surface area contributed by atoms with Crippen molar-refractivity contribution in [3.8, 4) is 5.75 Å². The average molecular weight is 362 g/mol. The molecule has 0 spiro atoms. The normalized spacial score (nSPS) is 22.3. The van der Waals surface area contributed by atoms with Crippen LogP contribution in [0.2, 0.25) is 0 Å². The van der Waals surface area contributed by atoms with E-state index in [0.29, 0.717) is 5.92 Å². The molecule has 2 unspecified atom stereocenters. The molecule has 4 heteroatoms. The van der Waals surface area contributed by atoms with Crippen LogP contribution in [-0.2, 0) is 15.7 Å². The van der Waals surface area contributed by atoms with Crippen molar-refractivity contribution in [2.24, 2.45) is 0 Å². The predicted molar refractivity (Wildman–Crippen MR) is 105 cm³/mol. The Morgan fingerprint density at radius 3 is 2.84 bits per heavy atom. The Hall–Kier alpha value is -0.890. The summed E-state index contributed by atoms with van der Waals surface area (Å²) in [5, 5.41) is 0. The summed E-state index contributed by atoms with van der Waals surface area (Å²) in [4.78, 5) is 0. The number of unbranched alkanes of at least 4 members (excludes halogenated alkanes) is 5. The second kappa shape index (κ2) is 9.71. The molecular weight excluding hydrogens is 331 g/mol. The number of ether oxygens (including phenoxy) is 2. The maximum Gasteiger partial charge on any atom is 0.127 e. The largest absolute Gasteiger partial charge is 0.493 e. The predicted octanol–water partition coefficient (Wildman–Crippen LogP) is 5.51. The first kappa shape index (κ1) is 18.9. The molecule has 0 radical (unpaired) electrons. The summed E-state index contributed by atoms with van der Waals surface area (Å²) in [6.45, 7) is 3.80. The van der Waals surface area contributed by atoms with Gasteiger partial charge in [0.2, 0.25) is 0 Å². The highest BCUT2D eigenvalue weighted by Gasteiger charge is 2.33. The third-order valence-electron chi connectivity index (χ3n) is 5.42. The van der Waals surface area contributed by atoms with Crippen molar-refractivity contribution in [2.75, 3.05) is 20.3 Å². The van der Waals surface area contributed by atoms with Crippen molar-refractivity contribution < 1.29 is 14.0 Å². The number of aryl methyl sites for hydroxylation is 1. The Balaban J connectivity index is 1.67. The standard InChI is InChI=1S/C21H31O3P/c1-3-4-5-6-7-8-13-23-20-12-10-16-9-11-19(22-2)17-14-24-25-15-18(20)21(16)17/h10,12,15,17,19H,3-9,11,13-14H2,1-2H3. The maximum atomic E-state index is 6.18. The summed E-state index contributed by atoms with van der Waals surface area (Å²) in [6.07, 6.45) is 10.1. The lowest BCUT2D eigenvalue weighted by molar-refractivity contribution is 0.0525. The van der Waals surface area contributed by atoms with Gasteiger partial charge in [0.25, 0.3) is 0 Å². The van der Waals surface area contributed by atoms with Gasteiger partial charge < -0.3 is 14.0 Å². The number of benzene rings is 1. The summed E-state index contributed by atoms with van der Waals surface area (Å²) in [7, 11) is 2.74. The lowest BCUT2D eigenvalue weighted by atomic mass is 9.78. The van der Waals surface area contributed by atoms with Gasteiger partial charge in [0.15, 0.2) is 0 Å². The zero-order valence-electron chi connectivity index (χ0n) is 15.6. The Labute approximate surface area is 153 Å². The van der Waals surface area contributed by atoms with Gasteiger partial charge in [-0.2, -0.15) is 0 Å². The Bertz CT molecular complexity index is 585. The van der Waals surface area contributed by atoms with Crippen molar-refractivity contribution in [1.82, 2.24) is 0 Å². The highest BCUT2D eigenvalue weighted by Crippen LogP contribution is 2.41. The molecule has 0 aromatic heterocycles. The Morgan fingerprint density at radius 1 is 1.16 bits per heavy atom. The first-order valence-corrected chi connectivity index (χ1v) is 10.7. The Kier molecular flexibility index (Phi) is 7.34. The van der Waals surface area contributed by atoms with E-state index in [1.165, 1.54) is 48.8 Å². The third kappa shape index (κ3) is 4.64. The van der Waals surface area contributed by atoms with Gasteiger partial charge in [0.05, 0.1) is 27.7 Å². The van der Waals surface area contributed by atoms with Crippen LogP contribution in [0.1, 0.15) is 74.5 Å². The monoisotopic (exact) mass is 362 g/mol. The topological polar surface area (TPSA) is 27.7 Å². The van der Waals surface area contributed by atoms with E-state index in [2.05, 4.69) is 24.9 Å². The molecule has 1 aromatic carbocycles. The molecule has 25 heavy (non-hydrogen) atoms. The minimum Gasteiger partial charge on any atom is -0.493 e. The number of hydrogen-bond donors (Lipinski definition) is 0. The first-order chi connectivity index (χ1) is 12.3. The molecule has 1 aliphatic heterocycles. The van der Waals surface area contributed by atoms with Crippen molar-refractivity contribution in [3.05, 3.63) is 28.8 Å². The lowest BCUT2D eigenvalue weighted by Crippen LogP contribution is -2.30. The molecular formula is C21H31O3P. The summed E-state index contributed by atoms with van der Waals surface area (Å²) < 4.78 is 17.7. The zero-order valence-corrected chi connectivity index (χ0v) is 16.5. The van der Waals surface area contributed by atoms with Crippen LogP contribution in [-0.4, -0.2) is 32.2 Å². The molecule has 3 nitrogen and oxygen atoms in total. The van der Waals surface area contributed by atoms with Crippen LogP contribution >= 0.6 is 8.43 Å². The summed E-state index contributed by atoms with van der Waals surface area (Å²) >= 11 is 0. The molecule has 138 valence electrons. The minimum atomic E-state index is 0.252. The molecule has 2 aliphatic rings. The second-order valence-electron chi connectivity index (χ2n) is 7.12. The van der Waals surface area contributed by atoms with E-state index in [9.17, 15) is 0 Å². The quantitative estimate of drug-likeness (QED) is 0.428. The van der Waals surface area contributed by atoms with Crippen LogP contribution in [0.3, 0.4) is 0 Å². The Morgan fingerprint density at radius 2 is 2.00 bits per heavy atom. The SMILES string of the molecule is CCCCCCCCOc1ccc2c3c1C=POCC3C(OC)CC2. The average Bonchev–Trinajstić information content (AvgIpc) is 2.87.